The Morgan fingerprint density at radius 2 is 2.00 bits per heavy atom. The number of benzene rings is 1. The zero-order valence-corrected chi connectivity index (χ0v) is 9.16. The molecule has 1 aromatic carbocycles. The Labute approximate surface area is 90.1 Å². The SMILES string of the molecule is CCCNC(=O)N(C)c1ccc(N)cc1. The Kier molecular flexibility index (Phi) is 3.97. The van der Waals surface area contributed by atoms with Crippen molar-refractivity contribution < 1.29 is 4.79 Å². The average molecular weight is 207 g/mol. The van der Waals surface area contributed by atoms with Crippen molar-refractivity contribution in [2.45, 2.75) is 13.3 Å². The zero-order chi connectivity index (χ0) is 11.3. The molecule has 3 N–H and O–H groups in total. The molecule has 0 unspecified atom stereocenters. The second-order valence-corrected chi connectivity index (χ2v) is 3.38. The van der Waals surface area contributed by atoms with Crippen molar-refractivity contribution >= 4 is 17.4 Å². The van der Waals surface area contributed by atoms with Crippen LogP contribution in [0.4, 0.5) is 16.2 Å². The van der Waals surface area contributed by atoms with E-state index in [1.807, 2.05) is 19.1 Å². The molecule has 0 spiro atoms. The molecule has 0 saturated heterocycles. The summed E-state index contributed by atoms with van der Waals surface area (Å²) in [6, 6.07) is 7.10. The Morgan fingerprint density at radius 1 is 1.40 bits per heavy atom. The van der Waals surface area contributed by atoms with Crippen LogP contribution in [0.25, 0.3) is 0 Å². The molecule has 4 heteroatoms. The molecule has 0 aromatic heterocycles. The van der Waals surface area contributed by atoms with E-state index in [-0.39, 0.29) is 6.03 Å². The van der Waals surface area contributed by atoms with Gasteiger partial charge in [0.2, 0.25) is 0 Å². The molecule has 0 saturated carbocycles. The molecule has 1 aromatic rings. The van der Waals surface area contributed by atoms with Crippen LogP contribution in [-0.4, -0.2) is 19.6 Å². The Balaban J connectivity index is 2.63. The number of nitrogens with zero attached hydrogens (tertiary/aromatic N) is 1. The van der Waals surface area contributed by atoms with Crippen LogP contribution in [0.5, 0.6) is 0 Å². The maximum atomic E-state index is 11.6. The summed E-state index contributed by atoms with van der Waals surface area (Å²) < 4.78 is 0. The largest absolute Gasteiger partial charge is 0.399 e. The van der Waals surface area contributed by atoms with Gasteiger partial charge in [0.1, 0.15) is 0 Å². The third-order valence-corrected chi connectivity index (χ3v) is 2.11. The first-order valence-electron chi connectivity index (χ1n) is 5.02. The highest BCUT2D eigenvalue weighted by Crippen LogP contribution is 2.14. The summed E-state index contributed by atoms with van der Waals surface area (Å²) in [5.74, 6) is 0. The number of nitrogen functional groups attached to an aromatic ring is 1. The van der Waals surface area contributed by atoms with Crippen molar-refractivity contribution in [3.05, 3.63) is 24.3 Å². The van der Waals surface area contributed by atoms with E-state index in [1.165, 1.54) is 0 Å². The van der Waals surface area contributed by atoms with Crippen LogP contribution in [0, 0.1) is 0 Å². The fourth-order valence-electron chi connectivity index (χ4n) is 1.17. The molecule has 0 aliphatic heterocycles. The van der Waals surface area contributed by atoms with E-state index in [1.54, 1.807) is 24.1 Å². The van der Waals surface area contributed by atoms with Gasteiger partial charge in [-0.1, -0.05) is 6.92 Å². The topological polar surface area (TPSA) is 58.4 Å². The number of carbonyl (C=O) groups excluding carboxylic acids is 1. The van der Waals surface area contributed by atoms with Gasteiger partial charge >= 0.3 is 6.03 Å². The molecular formula is C11H17N3O. The Bertz CT molecular complexity index is 321. The molecule has 1 rings (SSSR count). The summed E-state index contributed by atoms with van der Waals surface area (Å²) >= 11 is 0. The Morgan fingerprint density at radius 3 is 2.53 bits per heavy atom. The fourth-order valence-corrected chi connectivity index (χ4v) is 1.17. The van der Waals surface area contributed by atoms with Gasteiger partial charge in [-0.3, -0.25) is 4.90 Å². The van der Waals surface area contributed by atoms with E-state index in [4.69, 9.17) is 5.73 Å². The van der Waals surface area contributed by atoms with Gasteiger partial charge in [0.05, 0.1) is 0 Å². The highest BCUT2D eigenvalue weighted by Gasteiger charge is 2.08. The van der Waals surface area contributed by atoms with Crippen LogP contribution < -0.4 is 16.0 Å². The summed E-state index contributed by atoms with van der Waals surface area (Å²) in [6.07, 6.45) is 0.932. The van der Waals surface area contributed by atoms with Crippen molar-refractivity contribution in [2.75, 3.05) is 24.2 Å². The quantitative estimate of drug-likeness (QED) is 0.743. The molecule has 0 fully saturated rings. The van der Waals surface area contributed by atoms with Crippen molar-refractivity contribution in [3.8, 4) is 0 Å². The standard InChI is InChI=1S/C11H17N3O/c1-3-8-13-11(15)14(2)10-6-4-9(12)5-7-10/h4-7H,3,8,12H2,1-2H3,(H,13,15). The van der Waals surface area contributed by atoms with Crippen LogP contribution in [0.3, 0.4) is 0 Å². The molecule has 2 amide bonds. The smallest absolute Gasteiger partial charge is 0.321 e. The highest BCUT2D eigenvalue weighted by atomic mass is 16.2. The Hall–Kier alpha value is -1.71. The number of anilines is 2. The van der Waals surface area contributed by atoms with E-state index in [0.29, 0.717) is 12.2 Å². The van der Waals surface area contributed by atoms with Gasteiger partial charge in [-0.25, -0.2) is 4.79 Å². The first-order chi connectivity index (χ1) is 7.15. The molecular weight excluding hydrogens is 190 g/mol. The van der Waals surface area contributed by atoms with Crippen LogP contribution >= 0.6 is 0 Å². The monoisotopic (exact) mass is 207 g/mol. The second kappa shape index (κ2) is 5.24. The lowest BCUT2D eigenvalue weighted by atomic mass is 10.3. The molecule has 0 radical (unpaired) electrons. The summed E-state index contributed by atoms with van der Waals surface area (Å²) in [5.41, 5.74) is 7.09. The van der Waals surface area contributed by atoms with Gasteiger partial charge in [-0.2, -0.15) is 0 Å². The average Bonchev–Trinajstić information content (AvgIpc) is 2.26. The zero-order valence-electron chi connectivity index (χ0n) is 9.16. The predicted octanol–water partition coefficient (Wildman–Crippen LogP) is 1.82. The highest BCUT2D eigenvalue weighted by molar-refractivity contribution is 5.91. The number of hydrogen-bond donors (Lipinski definition) is 2. The van der Waals surface area contributed by atoms with Crippen LogP contribution in [0.1, 0.15) is 13.3 Å². The van der Waals surface area contributed by atoms with Gasteiger partial charge in [0.25, 0.3) is 0 Å². The van der Waals surface area contributed by atoms with Crippen LogP contribution in [-0.2, 0) is 0 Å². The van der Waals surface area contributed by atoms with Crippen molar-refractivity contribution in [1.29, 1.82) is 0 Å². The number of nitrogens with two attached hydrogens (primary N) is 1. The first-order valence-corrected chi connectivity index (χ1v) is 5.02. The van der Waals surface area contributed by atoms with Crippen molar-refractivity contribution in [1.82, 2.24) is 5.32 Å². The van der Waals surface area contributed by atoms with Gasteiger partial charge < -0.3 is 11.1 Å². The van der Waals surface area contributed by atoms with Gasteiger partial charge in [0, 0.05) is 25.0 Å². The van der Waals surface area contributed by atoms with Crippen molar-refractivity contribution in [3.63, 3.8) is 0 Å². The number of urea groups is 1. The molecule has 0 aliphatic carbocycles. The van der Waals surface area contributed by atoms with Gasteiger partial charge in [-0.15, -0.1) is 0 Å². The number of nitrogens with one attached hydrogen (secondary N) is 1. The maximum absolute atomic E-state index is 11.6. The number of amides is 2. The van der Waals surface area contributed by atoms with E-state index in [0.717, 1.165) is 12.1 Å². The van der Waals surface area contributed by atoms with Crippen molar-refractivity contribution in [2.24, 2.45) is 0 Å². The van der Waals surface area contributed by atoms with Gasteiger partial charge in [-0.05, 0) is 30.7 Å². The van der Waals surface area contributed by atoms with Gasteiger partial charge in [0.15, 0.2) is 0 Å². The third kappa shape index (κ3) is 3.16. The minimum absolute atomic E-state index is 0.0957. The minimum atomic E-state index is -0.0957. The van der Waals surface area contributed by atoms with Crippen LogP contribution in [0.15, 0.2) is 24.3 Å². The maximum Gasteiger partial charge on any atom is 0.321 e. The summed E-state index contributed by atoms with van der Waals surface area (Å²) in [7, 11) is 1.73. The summed E-state index contributed by atoms with van der Waals surface area (Å²) in [5, 5.41) is 2.80. The lowest BCUT2D eigenvalue weighted by molar-refractivity contribution is 0.247. The lowest BCUT2D eigenvalue weighted by Gasteiger charge is -2.17. The second-order valence-electron chi connectivity index (χ2n) is 3.38. The normalized spacial score (nSPS) is 9.73. The molecule has 82 valence electrons. The third-order valence-electron chi connectivity index (χ3n) is 2.11. The number of rotatable bonds is 3. The molecule has 15 heavy (non-hydrogen) atoms. The molecule has 0 aliphatic rings. The fraction of sp³-hybridized carbons (Fsp3) is 0.364. The summed E-state index contributed by atoms with van der Waals surface area (Å²) in [6.45, 7) is 2.71. The predicted molar refractivity (Wildman–Crippen MR) is 62.9 cm³/mol. The van der Waals surface area contributed by atoms with E-state index >= 15 is 0 Å². The molecule has 0 heterocycles. The minimum Gasteiger partial charge on any atom is -0.399 e. The van der Waals surface area contributed by atoms with E-state index in [2.05, 4.69) is 5.32 Å². The molecule has 0 bridgehead atoms. The van der Waals surface area contributed by atoms with E-state index < -0.39 is 0 Å². The lowest BCUT2D eigenvalue weighted by Crippen LogP contribution is -2.37. The number of carbonyl (C=O) groups is 1. The molecule has 0 atom stereocenters. The van der Waals surface area contributed by atoms with E-state index in [9.17, 15) is 4.79 Å². The molecule has 4 nitrogen and oxygen atoms in total. The summed E-state index contributed by atoms with van der Waals surface area (Å²) in [4.78, 5) is 13.1. The number of hydrogen-bond acceptors (Lipinski definition) is 2. The first kappa shape index (κ1) is 11.4. The van der Waals surface area contributed by atoms with Crippen LogP contribution in [0.2, 0.25) is 0 Å².